The average molecular weight is 729 g/mol. The van der Waals surface area contributed by atoms with Gasteiger partial charge in [-0.2, -0.15) is 0 Å². The number of nitrogens with zero attached hydrogens (tertiary/aromatic N) is 1. The number of carbonyl (C=O) groups is 2. The molecule has 0 fully saturated rings. The van der Waals surface area contributed by atoms with Gasteiger partial charge in [0.05, 0.1) is 0 Å². The molecule has 2 rings (SSSR count). The number of aromatic nitrogens is 2. The highest BCUT2D eigenvalue weighted by molar-refractivity contribution is 7.32. The molecule has 0 aliphatic carbocycles. The Bertz CT molecular complexity index is 1280. The third kappa shape index (κ3) is 18.8. The molecule has 5 N–H and O–H groups in total. The molecule has 284 valence electrons. The highest BCUT2D eigenvalue weighted by Crippen LogP contribution is 2.39. The van der Waals surface area contributed by atoms with Crippen molar-refractivity contribution >= 4 is 20.1 Å². The van der Waals surface area contributed by atoms with Crippen LogP contribution < -0.4 is 16.6 Å². The first-order chi connectivity index (χ1) is 24.2. The number of hydrogen-bond acceptors (Lipinski definition) is 9. The van der Waals surface area contributed by atoms with Gasteiger partial charge in [-0.05, 0) is 25.7 Å². The number of aliphatic hydroxyl groups is 1. The summed E-state index contributed by atoms with van der Waals surface area (Å²) in [6, 6.07) is 1.12. The van der Waals surface area contributed by atoms with Crippen molar-refractivity contribution < 1.29 is 43.3 Å². The van der Waals surface area contributed by atoms with Crippen molar-refractivity contribution in [3.8, 4) is 0 Å². The first kappa shape index (κ1) is 43.1. The second-order valence-corrected chi connectivity index (χ2v) is 13.6. The molecule has 15 heteroatoms. The molecule has 0 radical (unpaired) electrons. The summed E-state index contributed by atoms with van der Waals surface area (Å²) >= 11 is 0. The highest BCUT2D eigenvalue weighted by Gasteiger charge is 2.45. The minimum absolute atomic E-state index is 0.0810. The van der Waals surface area contributed by atoms with E-state index in [0.717, 1.165) is 62.0 Å². The van der Waals surface area contributed by atoms with E-state index in [2.05, 4.69) is 10.3 Å². The number of aromatic amines is 1. The average Bonchev–Trinajstić information content (AvgIpc) is 3.40. The number of carboxylic acid groups (broad SMARTS) is 1. The van der Waals surface area contributed by atoms with Crippen LogP contribution in [0.5, 0.6) is 0 Å². The Hall–Kier alpha value is -3.06. The van der Waals surface area contributed by atoms with Crippen molar-refractivity contribution in [2.24, 2.45) is 0 Å². The van der Waals surface area contributed by atoms with E-state index in [9.17, 15) is 33.7 Å². The van der Waals surface area contributed by atoms with E-state index in [0.29, 0.717) is 25.8 Å². The lowest BCUT2D eigenvalue weighted by molar-refractivity contribution is -0.137. The standard InChI is InChI=1S/C35H58N3O11P/c39-27-28-32(49-50(45)46)33(34(48-28)38-25-23-30(41)37-35(38)44)47-26-20-16-15-19-24-36-29(40)21-17-13-11-9-7-5-3-1-2-4-6-8-10-12-14-18-22-31(42)43/h23,25,33-34,39H,1-22,24,26-27H2,(H3-,36,37,40,41,42,43,44,45,46)/p+1/t33?,34-/m1/s1. The number of nitrogens with one attached hydrogen (secondary N) is 2. The van der Waals surface area contributed by atoms with Gasteiger partial charge in [0.1, 0.15) is 6.61 Å². The molecule has 1 amide bonds. The minimum atomic E-state index is -3.09. The van der Waals surface area contributed by atoms with Crippen LogP contribution in [0.25, 0.3) is 0 Å². The van der Waals surface area contributed by atoms with Crippen LogP contribution in [0.3, 0.4) is 0 Å². The maximum atomic E-state index is 12.3. The maximum absolute atomic E-state index is 12.3. The fourth-order valence-corrected chi connectivity index (χ4v) is 6.36. The highest BCUT2D eigenvalue weighted by atomic mass is 31.1. The molecule has 50 heavy (non-hydrogen) atoms. The molecular formula is C35H59N3O11P+. The summed E-state index contributed by atoms with van der Waals surface area (Å²) in [5.74, 6) is -0.937. The Labute approximate surface area is 295 Å². The minimum Gasteiger partial charge on any atom is -0.481 e. The number of ether oxygens (including phenoxy) is 2. The maximum Gasteiger partial charge on any atom is 0.747 e. The second kappa shape index (κ2) is 26.7. The number of carbonyl (C=O) groups excluding carboxylic acids is 1. The lowest BCUT2D eigenvalue weighted by atomic mass is 10.0. The molecule has 1 aromatic rings. The molecule has 1 aromatic heterocycles. The van der Waals surface area contributed by atoms with Crippen LogP contribution in [0.15, 0.2) is 33.4 Å². The van der Waals surface area contributed by atoms with Crippen molar-refractivity contribution in [1.82, 2.24) is 14.9 Å². The predicted octanol–water partition coefficient (Wildman–Crippen LogP) is 6.10. The first-order valence-electron chi connectivity index (χ1n) is 18.5. The zero-order chi connectivity index (χ0) is 36.4. The van der Waals surface area contributed by atoms with Gasteiger partial charge in [0, 0.05) is 42.8 Å². The summed E-state index contributed by atoms with van der Waals surface area (Å²) in [5.41, 5.74) is -1.37. The second-order valence-electron chi connectivity index (χ2n) is 12.9. The Balaban J connectivity index is 1.44. The normalized spacial score (nSPS) is 16.0. The molecule has 0 aromatic carbocycles. The Kier molecular flexibility index (Phi) is 23.0. The summed E-state index contributed by atoms with van der Waals surface area (Å²) < 4.78 is 28.9. The molecule has 2 unspecified atom stereocenters. The van der Waals surface area contributed by atoms with Crippen LogP contribution in [0, 0.1) is 0 Å². The van der Waals surface area contributed by atoms with Gasteiger partial charge < -0.3 is 25.0 Å². The van der Waals surface area contributed by atoms with Crippen LogP contribution in [0.2, 0.25) is 0 Å². The molecule has 0 spiro atoms. The number of amides is 1. The van der Waals surface area contributed by atoms with E-state index < -0.39 is 44.4 Å². The van der Waals surface area contributed by atoms with E-state index in [1.165, 1.54) is 76.8 Å². The Morgan fingerprint density at radius 2 is 1.34 bits per heavy atom. The molecule has 1 aliphatic heterocycles. The molecule has 2 heterocycles. The van der Waals surface area contributed by atoms with Gasteiger partial charge >= 0.3 is 19.9 Å². The molecule has 3 atom stereocenters. The summed E-state index contributed by atoms with van der Waals surface area (Å²) in [4.78, 5) is 57.9. The van der Waals surface area contributed by atoms with Gasteiger partial charge in [-0.3, -0.25) is 23.9 Å². The summed E-state index contributed by atoms with van der Waals surface area (Å²) in [6.07, 6.45) is 21.8. The number of aliphatic hydroxyl groups excluding tert-OH is 1. The van der Waals surface area contributed by atoms with Crippen LogP contribution in [0.4, 0.5) is 0 Å². The van der Waals surface area contributed by atoms with E-state index in [1.807, 2.05) is 0 Å². The predicted molar refractivity (Wildman–Crippen MR) is 188 cm³/mol. The lowest BCUT2D eigenvalue weighted by Gasteiger charge is -2.21. The van der Waals surface area contributed by atoms with Crippen molar-refractivity contribution in [3.63, 3.8) is 0 Å². The van der Waals surface area contributed by atoms with Crippen LogP contribution in [-0.4, -0.2) is 62.4 Å². The number of hydrogen-bond donors (Lipinski definition) is 5. The van der Waals surface area contributed by atoms with Gasteiger partial charge in [0.2, 0.25) is 17.9 Å². The first-order valence-corrected chi connectivity index (χ1v) is 19.6. The lowest BCUT2D eigenvalue weighted by Crippen LogP contribution is -2.37. The van der Waals surface area contributed by atoms with Crippen LogP contribution >= 0.6 is 8.25 Å². The van der Waals surface area contributed by atoms with Gasteiger partial charge in [-0.15, -0.1) is 4.89 Å². The largest absolute Gasteiger partial charge is 0.747 e. The monoisotopic (exact) mass is 728 g/mol. The Morgan fingerprint density at radius 3 is 1.86 bits per heavy atom. The van der Waals surface area contributed by atoms with Crippen molar-refractivity contribution in [2.75, 3.05) is 19.8 Å². The fourth-order valence-electron chi connectivity index (χ4n) is 5.99. The van der Waals surface area contributed by atoms with Gasteiger partial charge in [0.15, 0.2) is 11.9 Å². The number of rotatable bonds is 31. The van der Waals surface area contributed by atoms with E-state index in [-0.39, 0.29) is 24.0 Å². The zero-order valence-electron chi connectivity index (χ0n) is 29.5. The topological polar surface area (TPSA) is 206 Å². The number of unbranched alkanes of at least 4 members (excludes halogenated alkanes) is 18. The summed E-state index contributed by atoms with van der Waals surface area (Å²) in [5, 5.41) is 21.3. The van der Waals surface area contributed by atoms with E-state index >= 15 is 0 Å². The van der Waals surface area contributed by atoms with Gasteiger partial charge in [-0.25, -0.2) is 9.32 Å². The molecule has 0 saturated carbocycles. The van der Waals surface area contributed by atoms with Crippen LogP contribution in [-0.2, 0) is 28.2 Å². The number of H-pyrrole nitrogens is 1. The van der Waals surface area contributed by atoms with Crippen LogP contribution in [0.1, 0.15) is 147 Å². The third-order valence-corrected chi connectivity index (χ3v) is 9.09. The zero-order valence-corrected chi connectivity index (χ0v) is 30.4. The van der Waals surface area contributed by atoms with E-state index in [1.54, 1.807) is 0 Å². The summed E-state index contributed by atoms with van der Waals surface area (Å²) in [6.45, 7) is 0.166. The summed E-state index contributed by atoms with van der Waals surface area (Å²) in [7, 11) is -3.09. The molecule has 14 nitrogen and oxygen atoms in total. The Morgan fingerprint density at radius 1 is 0.820 bits per heavy atom. The SMILES string of the molecule is O=C(O)CCCCCCCCCCCCCCCCCCC(=O)NCCCCCCOC1C(O[P+](=O)O)=C(CO)O[C@H]1n1ccc(=O)[nH]c1=O. The van der Waals surface area contributed by atoms with Crippen molar-refractivity contribution in [2.45, 2.75) is 154 Å². The number of aliphatic carboxylic acids is 1. The van der Waals surface area contributed by atoms with E-state index in [4.69, 9.17) is 19.1 Å². The number of carboxylic acids is 1. The molecule has 0 saturated heterocycles. The van der Waals surface area contributed by atoms with Crippen molar-refractivity contribution in [1.29, 1.82) is 0 Å². The van der Waals surface area contributed by atoms with Gasteiger partial charge in [0.25, 0.3) is 5.56 Å². The smallest absolute Gasteiger partial charge is 0.481 e. The van der Waals surface area contributed by atoms with Gasteiger partial charge in [-0.1, -0.05) is 103 Å². The van der Waals surface area contributed by atoms with Crippen molar-refractivity contribution in [3.05, 3.63) is 44.6 Å². The third-order valence-electron chi connectivity index (χ3n) is 8.74. The fraction of sp³-hybridized carbons (Fsp3) is 0.771. The molecule has 0 bridgehead atoms. The quantitative estimate of drug-likeness (QED) is 0.0436. The molecular weight excluding hydrogens is 669 g/mol. The molecule has 1 aliphatic rings.